The van der Waals surface area contributed by atoms with E-state index in [0.717, 1.165) is 33.5 Å². The van der Waals surface area contributed by atoms with E-state index in [9.17, 15) is 4.39 Å². The number of aryl methyl sites for hydroxylation is 2. The van der Waals surface area contributed by atoms with Gasteiger partial charge in [-0.1, -0.05) is 0 Å². The van der Waals surface area contributed by atoms with Crippen molar-refractivity contribution in [1.82, 2.24) is 39.7 Å². The number of fused-ring (bicyclic) bond motifs is 2. The van der Waals surface area contributed by atoms with Crippen LogP contribution in [-0.4, -0.2) is 39.7 Å². The van der Waals surface area contributed by atoms with Gasteiger partial charge in [0.05, 0.1) is 28.5 Å². The normalized spacial score (nSPS) is 11.6. The molecule has 8 nitrogen and oxygen atoms in total. The first-order valence-electron chi connectivity index (χ1n) is 10.4. The molecule has 0 saturated heterocycles. The van der Waals surface area contributed by atoms with Gasteiger partial charge >= 0.3 is 0 Å². The van der Waals surface area contributed by atoms with E-state index in [-0.39, 0.29) is 5.82 Å². The van der Waals surface area contributed by atoms with Crippen LogP contribution in [-0.2, 0) is 7.05 Å². The molecule has 0 aliphatic heterocycles. The van der Waals surface area contributed by atoms with Gasteiger partial charge in [-0.3, -0.25) is 10.1 Å². The summed E-state index contributed by atoms with van der Waals surface area (Å²) < 4.78 is 16.1. The molecule has 6 aromatic rings. The number of hydrogen-bond acceptors (Lipinski definition) is 5. The molecule has 0 aliphatic rings. The number of hydrogen-bond donors (Lipinski definition) is 2. The smallest absolute Gasteiger partial charge is 0.159 e. The van der Waals surface area contributed by atoms with Crippen LogP contribution in [0.1, 0.15) is 11.4 Å². The van der Waals surface area contributed by atoms with Crippen LogP contribution in [0.2, 0.25) is 0 Å². The van der Waals surface area contributed by atoms with Crippen molar-refractivity contribution in [2.24, 2.45) is 7.05 Å². The van der Waals surface area contributed by atoms with E-state index in [1.54, 1.807) is 12.4 Å². The highest BCUT2D eigenvalue weighted by Crippen LogP contribution is 2.32. The highest BCUT2D eigenvalue weighted by atomic mass is 19.1. The van der Waals surface area contributed by atoms with Crippen LogP contribution in [0, 0.1) is 19.7 Å². The predicted octanol–water partition coefficient (Wildman–Crippen LogP) is 4.72. The van der Waals surface area contributed by atoms with E-state index < -0.39 is 0 Å². The Balaban J connectivity index is 1.52. The number of H-pyrrole nitrogens is 2. The van der Waals surface area contributed by atoms with Crippen molar-refractivity contribution in [3.8, 4) is 34.0 Å². The SMILES string of the molecule is Cc1cc(F)cc(-c2nccc3[nH]c(-c4n[nH]c5ncc(-c6cnc(C)n6C)cc45)nc23)c1. The van der Waals surface area contributed by atoms with E-state index in [2.05, 4.69) is 30.1 Å². The Bertz CT molecular complexity index is 1650. The number of imidazole rings is 2. The predicted molar refractivity (Wildman–Crippen MR) is 124 cm³/mol. The Morgan fingerprint density at radius 1 is 0.939 bits per heavy atom. The van der Waals surface area contributed by atoms with Gasteiger partial charge in [0.15, 0.2) is 11.5 Å². The summed E-state index contributed by atoms with van der Waals surface area (Å²) in [7, 11) is 1.97. The van der Waals surface area contributed by atoms with Crippen molar-refractivity contribution in [2.45, 2.75) is 13.8 Å². The van der Waals surface area contributed by atoms with Gasteiger partial charge in [-0.25, -0.2) is 19.3 Å². The van der Waals surface area contributed by atoms with Gasteiger partial charge < -0.3 is 9.55 Å². The Morgan fingerprint density at radius 2 is 1.82 bits per heavy atom. The van der Waals surface area contributed by atoms with Crippen LogP contribution in [0.15, 0.2) is 48.9 Å². The van der Waals surface area contributed by atoms with E-state index >= 15 is 0 Å². The molecule has 0 aliphatic carbocycles. The molecule has 33 heavy (non-hydrogen) atoms. The number of nitrogens with one attached hydrogen (secondary N) is 2. The molecule has 1 aromatic carbocycles. The lowest BCUT2D eigenvalue weighted by molar-refractivity contribution is 0.627. The minimum atomic E-state index is -0.304. The number of nitrogens with zero attached hydrogens (tertiary/aromatic N) is 6. The lowest BCUT2D eigenvalue weighted by Gasteiger charge is -2.04. The third-order valence-electron chi connectivity index (χ3n) is 5.87. The van der Waals surface area contributed by atoms with Gasteiger partial charge in [0.1, 0.15) is 22.9 Å². The molecule has 6 rings (SSSR count). The monoisotopic (exact) mass is 438 g/mol. The highest BCUT2D eigenvalue weighted by Gasteiger charge is 2.18. The van der Waals surface area contributed by atoms with E-state index in [4.69, 9.17) is 4.98 Å². The summed E-state index contributed by atoms with van der Waals surface area (Å²) in [6, 6.07) is 8.73. The lowest BCUT2D eigenvalue weighted by Crippen LogP contribution is -1.94. The third-order valence-corrected chi connectivity index (χ3v) is 5.87. The number of aromatic nitrogens is 8. The molecular formula is C24H19FN8. The number of benzene rings is 1. The molecule has 5 aromatic heterocycles. The number of halogens is 1. The van der Waals surface area contributed by atoms with E-state index in [1.807, 2.05) is 49.9 Å². The molecular weight excluding hydrogens is 419 g/mol. The van der Waals surface area contributed by atoms with Crippen molar-refractivity contribution in [1.29, 1.82) is 0 Å². The number of pyridine rings is 2. The Kier molecular flexibility index (Phi) is 4.13. The topological polar surface area (TPSA) is 101 Å². The summed E-state index contributed by atoms with van der Waals surface area (Å²) in [5.41, 5.74) is 6.76. The molecule has 2 N–H and O–H groups in total. The van der Waals surface area contributed by atoms with E-state index in [0.29, 0.717) is 33.9 Å². The summed E-state index contributed by atoms with van der Waals surface area (Å²) in [6.07, 6.45) is 5.32. The van der Waals surface area contributed by atoms with Gasteiger partial charge in [0.25, 0.3) is 0 Å². The minimum Gasteiger partial charge on any atom is -0.336 e. The molecule has 0 spiro atoms. The second-order valence-electron chi connectivity index (χ2n) is 8.10. The maximum Gasteiger partial charge on any atom is 0.159 e. The summed E-state index contributed by atoms with van der Waals surface area (Å²) in [5, 5.41) is 8.29. The molecule has 0 fully saturated rings. The first-order valence-corrected chi connectivity index (χ1v) is 10.4. The Morgan fingerprint density at radius 3 is 2.61 bits per heavy atom. The van der Waals surface area contributed by atoms with Gasteiger partial charge in [-0.2, -0.15) is 5.10 Å². The minimum absolute atomic E-state index is 0.304. The molecule has 0 unspecified atom stereocenters. The average Bonchev–Trinajstić information content (AvgIpc) is 3.49. The zero-order valence-corrected chi connectivity index (χ0v) is 18.2. The third kappa shape index (κ3) is 3.08. The van der Waals surface area contributed by atoms with Crippen molar-refractivity contribution in [2.75, 3.05) is 0 Å². The second-order valence-corrected chi connectivity index (χ2v) is 8.10. The summed E-state index contributed by atoms with van der Waals surface area (Å²) in [5.74, 6) is 1.20. The second kappa shape index (κ2) is 7.06. The first kappa shape index (κ1) is 19.3. The molecule has 0 bridgehead atoms. The zero-order valence-electron chi connectivity index (χ0n) is 18.2. The van der Waals surface area contributed by atoms with Gasteiger partial charge in [-0.05, 0) is 49.7 Å². The van der Waals surface area contributed by atoms with Crippen LogP contribution in [0.4, 0.5) is 4.39 Å². The van der Waals surface area contributed by atoms with Crippen molar-refractivity contribution >= 4 is 22.1 Å². The Labute approximate surface area is 187 Å². The van der Waals surface area contributed by atoms with Crippen LogP contribution < -0.4 is 0 Å². The van der Waals surface area contributed by atoms with Crippen molar-refractivity contribution in [3.05, 3.63) is 66.1 Å². The summed E-state index contributed by atoms with van der Waals surface area (Å²) >= 11 is 0. The molecule has 9 heteroatoms. The summed E-state index contributed by atoms with van der Waals surface area (Å²) in [6.45, 7) is 3.81. The Hall–Kier alpha value is -4.40. The van der Waals surface area contributed by atoms with Crippen molar-refractivity contribution in [3.63, 3.8) is 0 Å². The largest absolute Gasteiger partial charge is 0.336 e. The molecule has 0 radical (unpaired) electrons. The van der Waals surface area contributed by atoms with Crippen LogP contribution in [0.5, 0.6) is 0 Å². The maximum atomic E-state index is 14.0. The van der Waals surface area contributed by atoms with Crippen LogP contribution in [0.25, 0.3) is 56.1 Å². The van der Waals surface area contributed by atoms with Gasteiger partial charge in [0.2, 0.25) is 0 Å². The summed E-state index contributed by atoms with van der Waals surface area (Å²) in [4.78, 5) is 21.5. The van der Waals surface area contributed by atoms with Gasteiger partial charge in [-0.15, -0.1) is 0 Å². The van der Waals surface area contributed by atoms with Crippen LogP contribution in [0.3, 0.4) is 0 Å². The standard InChI is InChI=1S/C24H19FN8/c1-12-6-14(8-16(25)7-12)20-22-18(4-5-26-20)29-24(30-22)21-17-9-15(10-28-23(17)32-31-21)19-11-27-13(2)33(19)3/h4-11H,1-3H3,(H,29,30)(H,28,31,32). The highest BCUT2D eigenvalue weighted by molar-refractivity contribution is 5.96. The fourth-order valence-electron chi connectivity index (χ4n) is 4.13. The first-order chi connectivity index (χ1) is 16.0. The van der Waals surface area contributed by atoms with Crippen molar-refractivity contribution < 1.29 is 4.39 Å². The quantitative estimate of drug-likeness (QED) is 0.416. The fraction of sp³-hybridized carbons (Fsp3) is 0.125. The number of rotatable bonds is 3. The maximum absolute atomic E-state index is 14.0. The average molecular weight is 438 g/mol. The molecule has 5 heterocycles. The molecule has 0 amide bonds. The molecule has 0 saturated carbocycles. The van der Waals surface area contributed by atoms with E-state index in [1.165, 1.54) is 12.1 Å². The van der Waals surface area contributed by atoms with Crippen LogP contribution >= 0.6 is 0 Å². The molecule has 0 atom stereocenters. The lowest BCUT2D eigenvalue weighted by atomic mass is 10.1. The van der Waals surface area contributed by atoms with Gasteiger partial charge in [0, 0.05) is 30.6 Å². The number of aromatic amines is 2. The fourth-order valence-corrected chi connectivity index (χ4v) is 4.13. The zero-order chi connectivity index (χ0) is 22.7. The molecule has 162 valence electrons.